The second kappa shape index (κ2) is 4.08. The predicted molar refractivity (Wildman–Crippen MR) is 45.9 cm³/mol. The molecule has 10 heavy (non-hydrogen) atoms. The number of nitrogens with one attached hydrogen (secondary N) is 1. The number of aliphatic hydroxyl groups is 1. The zero-order valence-corrected chi connectivity index (χ0v) is 7.70. The van der Waals surface area contributed by atoms with Crippen LogP contribution in [0.15, 0.2) is 15.9 Å². The fraction of sp³-hybridized carbons (Fsp3) is 0.333. The van der Waals surface area contributed by atoms with Gasteiger partial charge in [0.2, 0.25) is 0 Å². The van der Waals surface area contributed by atoms with Crippen molar-refractivity contribution in [3.63, 3.8) is 0 Å². The number of halogens is 1. The number of rotatable bonds is 3. The molecule has 0 aliphatic heterocycles. The van der Waals surface area contributed by atoms with Crippen molar-refractivity contribution >= 4 is 27.3 Å². The first-order chi connectivity index (χ1) is 4.83. The molecule has 0 radical (unpaired) electrons. The Labute approximate surface area is 72.0 Å². The lowest BCUT2D eigenvalue weighted by Crippen LogP contribution is -2.12. The maximum absolute atomic E-state index is 8.42. The Morgan fingerprint density at radius 2 is 2.50 bits per heavy atom. The Balaban J connectivity index is 2.42. The second-order valence-electron chi connectivity index (χ2n) is 1.82. The summed E-state index contributed by atoms with van der Waals surface area (Å²) in [5.41, 5.74) is 0. The van der Waals surface area contributed by atoms with E-state index in [4.69, 9.17) is 5.11 Å². The first-order valence-electron chi connectivity index (χ1n) is 2.87. The number of hydrogen-bond donors (Lipinski definition) is 2. The first-order valence-corrected chi connectivity index (χ1v) is 4.54. The first kappa shape index (κ1) is 8.20. The summed E-state index contributed by atoms with van der Waals surface area (Å²) in [6.07, 6.45) is 0. The minimum atomic E-state index is 0.0372. The third-order valence-electron chi connectivity index (χ3n) is 1.03. The molecule has 0 bridgehead atoms. The fourth-order valence-corrected chi connectivity index (χ4v) is 2.05. The molecule has 1 aromatic rings. The van der Waals surface area contributed by atoms with Crippen molar-refractivity contribution in [1.82, 2.24) is 5.32 Å². The van der Waals surface area contributed by atoms with Crippen LogP contribution >= 0.6 is 27.3 Å². The van der Waals surface area contributed by atoms with Crippen molar-refractivity contribution in [3.05, 3.63) is 20.8 Å². The van der Waals surface area contributed by atoms with E-state index < -0.39 is 0 Å². The van der Waals surface area contributed by atoms with Crippen LogP contribution in [0.5, 0.6) is 0 Å². The number of aliphatic hydroxyl groups excluding tert-OH is 1. The summed E-state index contributed by atoms with van der Waals surface area (Å²) in [7, 11) is 0. The van der Waals surface area contributed by atoms with Gasteiger partial charge in [0.1, 0.15) is 0 Å². The molecule has 1 heterocycles. The molecule has 2 N–H and O–H groups in total. The normalized spacial score (nSPS) is 10.2. The van der Waals surface area contributed by atoms with Gasteiger partial charge in [-0.05, 0) is 22.0 Å². The van der Waals surface area contributed by atoms with Crippen molar-refractivity contribution in [2.24, 2.45) is 0 Å². The van der Waals surface area contributed by atoms with E-state index in [1.54, 1.807) is 11.3 Å². The molecule has 0 unspecified atom stereocenters. The highest BCUT2D eigenvalue weighted by atomic mass is 79.9. The fourth-order valence-electron chi connectivity index (χ4n) is 0.626. The van der Waals surface area contributed by atoms with Crippen LogP contribution in [0.3, 0.4) is 0 Å². The Morgan fingerprint density at radius 1 is 1.70 bits per heavy atom. The Kier molecular flexibility index (Phi) is 3.34. The number of hydrogen-bond acceptors (Lipinski definition) is 3. The predicted octanol–water partition coefficient (Wildman–Crippen LogP) is 1.55. The number of thiophene rings is 1. The zero-order chi connectivity index (χ0) is 7.40. The van der Waals surface area contributed by atoms with Gasteiger partial charge in [-0.15, -0.1) is 11.3 Å². The highest BCUT2D eigenvalue weighted by Crippen LogP contribution is 2.19. The summed E-state index contributed by atoms with van der Waals surface area (Å²) in [5, 5.41) is 13.3. The maximum Gasteiger partial charge on any atom is 0.0934 e. The molecule has 0 fully saturated rings. The molecule has 0 aromatic carbocycles. The molecule has 0 saturated carbocycles. The second-order valence-corrected chi connectivity index (χ2v) is 3.73. The van der Waals surface area contributed by atoms with Gasteiger partial charge in [-0.25, -0.2) is 0 Å². The van der Waals surface area contributed by atoms with Crippen molar-refractivity contribution in [1.29, 1.82) is 0 Å². The Morgan fingerprint density at radius 3 is 3.00 bits per heavy atom. The summed E-state index contributed by atoms with van der Waals surface area (Å²) >= 11 is 5.01. The van der Waals surface area contributed by atoms with Gasteiger partial charge < -0.3 is 5.11 Å². The van der Waals surface area contributed by atoms with Crippen LogP contribution in [0.2, 0.25) is 0 Å². The Bertz CT molecular complexity index is 201. The van der Waals surface area contributed by atoms with Crippen LogP contribution in [-0.2, 0) is 6.54 Å². The van der Waals surface area contributed by atoms with Crippen LogP contribution in [0, 0.1) is 0 Å². The molecular weight excluding hydrogens is 214 g/mol. The minimum Gasteiger partial charge on any atom is -0.381 e. The zero-order valence-electron chi connectivity index (χ0n) is 5.30. The van der Waals surface area contributed by atoms with E-state index in [0.717, 1.165) is 11.0 Å². The summed E-state index contributed by atoms with van der Waals surface area (Å²) in [4.78, 5) is 1.22. The molecule has 4 heteroatoms. The van der Waals surface area contributed by atoms with Crippen LogP contribution in [0.4, 0.5) is 0 Å². The van der Waals surface area contributed by atoms with Crippen LogP contribution < -0.4 is 5.32 Å². The molecule has 0 atom stereocenters. The van der Waals surface area contributed by atoms with Crippen molar-refractivity contribution in [2.45, 2.75) is 6.54 Å². The van der Waals surface area contributed by atoms with Gasteiger partial charge in [-0.3, -0.25) is 5.32 Å². The lowest BCUT2D eigenvalue weighted by molar-refractivity contribution is 0.260. The van der Waals surface area contributed by atoms with Gasteiger partial charge in [0.25, 0.3) is 0 Å². The van der Waals surface area contributed by atoms with E-state index in [2.05, 4.69) is 21.2 Å². The smallest absolute Gasteiger partial charge is 0.0934 e. The third-order valence-corrected chi connectivity index (χ3v) is 2.73. The van der Waals surface area contributed by atoms with Gasteiger partial charge in [0.15, 0.2) is 0 Å². The Hall–Kier alpha value is 0.1000. The molecular formula is C6H8BrNOS. The van der Waals surface area contributed by atoms with Crippen molar-refractivity contribution in [2.75, 3.05) is 6.73 Å². The SMILES string of the molecule is OCNCc1cc(Br)cs1. The van der Waals surface area contributed by atoms with Crippen LogP contribution in [0.25, 0.3) is 0 Å². The maximum atomic E-state index is 8.42. The average molecular weight is 222 g/mol. The van der Waals surface area contributed by atoms with Crippen molar-refractivity contribution in [3.8, 4) is 0 Å². The summed E-state index contributed by atoms with van der Waals surface area (Å²) < 4.78 is 1.10. The van der Waals surface area contributed by atoms with Gasteiger partial charge in [-0.2, -0.15) is 0 Å². The van der Waals surface area contributed by atoms with Gasteiger partial charge in [0.05, 0.1) is 6.73 Å². The van der Waals surface area contributed by atoms with E-state index >= 15 is 0 Å². The highest BCUT2D eigenvalue weighted by Gasteiger charge is 1.94. The standard InChI is InChI=1S/C6H8BrNOS/c7-5-1-6(10-3-5)2-8-4-9/h1,3,8-9H,2,4H2. The average Bonchev–Trinajstić information content (AvgIpc) is 2.31. The topological polar surface area (TPSA) is 32.3 Å². The van der Waals surface area contributed by atoms with Gasteiger partial charge in [-0.1, -0.05) is 0 Å². The molecule has 2 nitrogen and oxygen atoms in total. The van der Waals surface area contributed by atoms with E-state index in [-0.39, 0.29) is 6.73 Å². The molecule has 0 aliphatic rings. The van der Waals surface area contributed by atoms with Crippen LogP contribution in [-0.4, -0.2) is 11.8 Å². The van der Waals surface area contributed by atoms with Crippen LogP contribution in [0.1, 0.15) is 4.88 Å². The molecule has 56 valence electrons. The molecule has 0 amide bonds. The van der Waals surface area contributed by atoms with E-state index in [9.17, 15) is 0 Å². The highest BCUT2D eigenvalue weighted by molar-refractivity contribution is 9.10. The molecule has 0 saturated heterocycles. The molecule has 1 rings (SSSR count). The summed E-state index contributed by atoms with van der Waals surface area (Å²) in [5.74, 6) is 0. The van der Waals surface area contributed by atoms with E-state index in [0.29, 0.717) is 0 Å². The van der Waals surface area contributed by atoms with E-state index in [1.165, 1.54) is 4.88 Å². The third kappa shape index (κ3) is 2.38. The summed E-state index contributed by atoms with van der Waals surface area (Å²) in [6, 6.07) is 2.04. The lowest BCUT2D eigenvalue weighted by Gasteiger charge is -1.94. The van der Waals surface area contributed by atoms with Gasteiger partial charge in [0, 0.05) is 21.3 Å². The van der Waals surface area contributed by atoms with Crippen molar-refractivity contribution < 1.29 is 5.11 Å². The van der Waals surface area contributed by atoms with Gasteiger partial charge >= 0.3 is 0 Å². The minimum absolute atomic E-state index is 0.0372. The molecule has 1 aromatic heterocycles. The monoisotopic (exact) mass is 221 g/mol. The largest absolute Gasteiger partial charge is 0.381 e. The van der Waals surface area contributed by atoms with E-state index in [1.807, 2.05) is 11.4 Å². The quantitative estimate of drug-likeness (QED) is 0.760. The summed E-state index contributed by atoms with van der Waals surface area (Å²) in [6.45, 7) is 0.780. The molecule has 0 spiro atoms. The molecule has 0 aliphatic carbocycles. The lowest BCUT2D eigenvalue weighted by atomic mass is 10.5.